The summed E-state index contributed by atoms with van der Waals surface area (Å²) in [6.45, 7) is 1.69. The second-order valence-electron chi connectivity index (χ2n) is 3.40. The van der Waals surface area contributed by atoms with Gasteiger partial charge in [-0.05, 0) is 40.5 Å². The van der Waals surface area contributed by atoms with Crippen molar-refractivity contribution in [3.05, 3.63) is 33.3 Å². The second-order valence-corrected chi connectivity index (χ2v) is 4.69. The number of carbonyl (C=O) groups excluding carboxylic acids is 1. The van der Waals surface area contributed by atoms with Crippen molar-refractivity contribution in [1.29, 1.82) is 0 Å². The molecule has 1 atom stereocenters. The normalized spacial score (nSPS) is 11.9. The second kappa shape index (κ2) is 6.02. The molecule has 1 amide bonds. The predicted molar refractivity (Wildman–Crippen MR) is 68.3 cm³/mol. The molecule has 0 saturated carbocycles. The molecule has 0 saturated heterocycles. The highest BCUT2D eigenvalue weighted by molar-refractivity contribution is 9.10. The lowest BCUT2D eigenvalue weighted by molar-refractivity contribution is -0.139. The Morgan fingerprint density at radius 3 is 2.65 bits per heavy atom. The van der Waals surface area contributed by atoms with Crippen LogP contribution in [-0.4, -0.2) is 23.0 Å². The van der Waals surface area contributed by atoms with Crippen LogP contribution in [0.4, 0.5) is 0 Å². The van der Waals surface area contributed by atoms with Gasteiger partial charge in [0.15, 0.2) is 0 Å². The summed E-state index contributed by atoms with van der Waals surface area (Å²) in [5.74, 6) is -1.49. The van der Waals surface area contributed by atoms with E-state index in [1.165, 1.54) is 6.07 Å². The van der Waals surface area contributed by atoms with Gasteiger partial charge < -0.3 is 10.4 Å². The molecule has 2 N–H and O–H groups in total. The number of nitrogens with one attached hydrogen (secondary N) is 1. The number of carboxylic acid groups (broad SMARTS) is 1. The minimum atomic E-state index is -1.05. The smallest absolute Gasteiger partial charge is 0.326 e. The van der Waals surface area contributed by atoms with E-state index in [9.17, 15) is 9.59 Å². The minimum Gasteiger partial charge on any atom is -0.480 e. The van der Waals surface area contributed by atoms with Gasteiger partial charge in [-0.25, -0.2) is 4.79 Å². The van der Waals surface area contributed by atoms with Gasteiger partial charge in [0.1, 0.15) is 6.04 Å². The first-order chi connectivity index (χ1) is 7.95. The van der Waals surface area contributed by atoms with Crippen LogP contribution in [0.5, 0.6) is 0 Å². The molecule has 0 aromatic heterocycles. The van der Waals surface area contributed by atoms with Gasteiger partial charge in [0.05, 0.1) is 5.56 Å². The Morgan fingerprint density at radius 2 is 2.18 bits per heavy atom. The van der Waals surface area contributed by atoms with E-state index in [2.05, 4.69) is 21.2 Å². The van der Waals surface area contributed by atoms with Gasteiger partial charge in [0, 0.05) is 9.50 Å². The summed E-state index contributed by atoms with van der Waals surface area (Å²) >= 11 is 8.95. The Kier molecular flexibility index (Phi) is 4.96. The predicted octanol–water partition coefficient (Wildman–Crippen LogP) is 2.70. The number of carboxylic acids is 1. The Bertz CT molecular complexity index is 450. The van der Waals surface area contributed by atoms with Gasteiger partial charge >= 0.3 is 5.97 Å². The zero-order chi connectivity index (χ0) is 13.0. The third-order valence-electron chi connectivity index (χ3n) is 2.19. The van der Waals surface area contributed by atoms with Crippen molar-refractivity contribution >= 4 is 39.4 Å². The molecule has 6 heteroatoms. The van der Waals surface area contributed by atoms with Gasteiger partial charge in [-0.15, -0.1) is 0 Å². The van der Waals surface area contributed by atoms with Crippen LogP contribution in [0, 0.1) is 0 Å². The molecular weight excluding hydrogens is 309 g/mol. The van der Waals surface area contributed by atoms with Gasteiger partial charge in [-0.1, -0.05) is 18.5 Å². The largest absolute Gasteiger partial charge is 0.480 e. The number of hydrogen-bond donors (Lipinski definition) is 2. The molecular formula is C11H11BrClNO3. The molecule has 0 heterocycles. The summed E-state index contributed by atoms with van der Waals surface area (Å²) in [6.07, 6.45) is 0.326. The number of aliphatic carboxylic acids is 1. The van der Waals surface area contributed by atoms with E-state index in [1.807, 2.05) is 0 Å². The number of rotatable bonds is 4. The standard InChI is InChI=1S/C11H11BrClNO3/c1-2-9(11(16)17)14-10(15)7-4-3-6(13)5-8(7)12/h3-5,9H,2H2,1H3,(H,14,15)(H,16,17)/t9-/m1/s1. The van der Waals surface area contributed by atoms with E-state index < -0.39 is 17.9 Å². The quantitative estimate of drug-likeness (QED) is 0.896. The van der Waals surface area contributed by atoms with E-state index >= 15 is 0 Å². The summed E-state index contributed by atoms with van der Waals surface area (Å²) in [5, 5.41) is 11.8. The fourth-order valence-electron chi connectivity index (χ4n) is 1.25. The van der Waals surface area contributed by atoms with E-state index in [0.29, 0.717) is 21.5 Å². The summed E-state index contributed by atoms with van der Waals surface area (Å²) in [6, 6.07) is 3.81. The van der Waals surface area contributed by atoms with Crippen LogP contribution in [-0.2, 0) is 4.79 Å². The fourth-order valence-corrected chi connectivity index (χ4v) is 2.11. The maximum absolute atomic E-state index is 11.8. The molecule has 0 spiro atoms. The molecule has 1 aromatic carbocycles. The Morgan fingerprint density at radius 1 is 1.53 bits per heavy atom. The highest BCUT2D eigenvalue weighted by Gasteiger charge is 2.19. The van der Waals surface area contributed by atoms with Crippen LogP contribution in [0.1, 0.15) is 23.7 Å². The molecule has 4 nitrogen and oxygen atoms in total. The molecule has 0 fully saturated rings. The summed E-state index contributed by atoms with van der Waals surface area (Å²) in [7, 11) is 0. The molecule has 17 heavy (non-hydrogen) atoms. The number of carbonyl (C=O) groups is 2. The highest BCUT2D eigenvalue weighted by atomic mass is 79.9. The molecule has 92 valence electrons. The number of benzene rings is 1. The van der Waals surface area contributed by atoms with E-state index in [-0.39, 0.29) is 0 Å². The molecule has 0 aliphatic rings. The zero-order valence-electron chi connectivity index (χ0n) is 9.04. The third kappa shape index (κ3) is 3.71. The number of amides is 1. The van der Waals surface area contributed by atoms with Crippen LogP contribution in [0.15, 0.2) is 22.7 Å². The van der Waals surface area contributed by atoms with Crippen LogP contribution >= 0.6 is 27.5 Å². The maximum atomic E-state index is 11.8. The molecule has 0 aliphatic heterocycles. The lowest BCUT2D eigenvalue weighted by Gasteiger charge is -2.13. The van der Waals surface area contributed by atoms with Crippen molar-refractivity contribution in [3.63, 3.8) is 0 Å². The number of hydrogen-bond acceptors (Lipinski definition) is 2. The minimum absolute atomic E-state index is 0.326. The first kappa shape index (κ1) is 14.0. The monoisotopic (exact) mass is 319 g/mol. The van der Waals surface area contributed by atoms with Crippen LogP contribution < -0.4 is 5.32 Å². The summed E-state index contributed by atoms with van der Waals surface area (Å²) in [5.41, 5.74) is 0.356. The average Bonchev–Trinajstić information content (AvgIpc) is 2.24. The van der Waals surface area contributed by atoms with Crippen LogP contribution in [0.3, 0.4) is 0 Å². The molecule has 0 bridgehead atoms. The third-order valence-corrected chi connectivity index (χ3v) is 3.08. The fraction of sp³-hybridized carbons (Fsp3) is 0.273. The van der Waals surface area contributed by atoms with Gasteiger partial charge in [0.25, 0.3) is 5.91 Å². The average molecular weight is 321 g/mol. The highest BCUT2D eigenvalue weighted by Crippen LogP contribution is 2.21. The summed E-state index contributed by atoms with van der Waals surface area (Å²) in [4.78, 5) is 22.6. The lowest BCUT2D eigenvalue weighted by atomic mass is 10.1. The van der Waals surface area contributed by atoms with E-state index in [0.717, 1.165) is 0 Å². The molecule has 1 rings (SSSR count). The van der Waals surface area contributed by atoms with Crippen molar-refractivity contribution in [2.24, 2.45) is 0 Å². The van der Waals surface area contributed by atoms with Crippen molar-refractivity contribution < 1.29 is 14.7 Å². The first-order valence-electron chi connectivity index (χ1n) is 4.94. The first-order valence-corrected chi connectivity index (χ1v) is 6.11. The summed E-state index contributed by atoms with van der Waals surface area (Å²) < 4.78 is 0.530. The van der Waals surface area contributed by atoms with E-state index in [1.54, 1.807) is 19.1 Å². The van der Waals surface area contributed by atoms with Gasteiger partial charge in [0.2, 0.25) is 0 Å². The Balaban J connectivity index is 2.86. The van der Waals surface area contributed by atoms with Crippen molar-refractivity contribution in [2.45, 2.75) is 19.4 Å². The van der Waals surface area contributed by atoms with E-state index in [4.69, 9.17) is 16.7 Å². The lowest BCUT2D eigenvalue weighted by Crippen LogP contribution is -2.40. The SMILES string of the molecule is CC[C@@H](NC(=O)c1ccc(Cl)cc1Br)C(=O)O. The molecule has 1 aromatic rings. The number of halogens is 2. The maximum Gasteiger partial charge on any atom is 0.326 e. The molecule has 0 unspecified atom stereocenters. The molecule has 0 aliphatic carbocycles. The zero-order valence-corrected chi connectivity index (χ0v) is 11.4. The van der Waals surface area contributed by atoms with Gasteiger partial charge in [-0.3, -0.25) is 4.79 Å². The Labute approximate surface area is 112 Å². The topological polar surface area (TPSA) is 66.4 Å². The van der Waals surface area contributed by atoms with Crippen molar-refractivity contribution in [2.75, 3.05) is 0 Å². The van der Waals surface area contributed by atoms with Gasteiger partial charge in [-0.2, -0.15) is 0 Å². The van der Waals surface area contributed by atoms with Crippen LogP contribution in [0.25, 0.3) is 0 Å². The molecule has 0 radical (unpaired) electrons. The van der Waals surface area contributed by atoms with Crippen LogP contribution in [0.2, 0.25) is 5.02 Å². The van der Waals surface area contributed by atoms with Crippen molar-refractivity contribution in [1.82, 2.24) is 5.32 Å². The Hall–Kier alpha value is -1.07. The van der Waals surface area contributed by atoms with Crippen molar-refractivity contribution in [3.8, 4) is 0 Å².